The molecular weight excluding hydrogens is 505 g/mol. The second-order valence-electron chi connectivity index (χ2n) is 15.1. The van der Waals surface area contributed by atoms with Gasteiger partial charge in [0.15, 0.2) is 0 Å². The van der Waals surface area contributed by atoms with Crippen LogP contribution in [0.4, 0.5) is 0 Å². The molecule has 0 saturated heterocycles. The van der Waals surface area contributed by atoms with Gasteiger partial charge in [0, 0.05) is 5.00 Å². The van der Waals surface area contributed by atoms with E-state index >= 15 is 0 Å². The first-order chi connectivity index (χ1) is 17.8. The van der Waals surface area contributed by atoms with Crippen LogP contribution in [0.3, 0.4) is 0 Å². The number of nitrogens with zero attached hydrogens (tertiary/aromatic N) is 1. The summed E-state index contributed by atoms with van der Waals surface area (Å²) in [5, 5.41) is 0. The zero-order chi connectivity index (χ0) is 30.4. The van der Waals surface area contributed by atoms with Crippen LogP contribution < -0.4 is 11.0 Å². The molecule has 0 unspecified atom stereocenters. The van der Waals surface area contributed by atoms with Gasteiger partial charge in [-0.1, -0.05) is 122 Å². The third-order valence-corrected chi connectivity index (χ3v) is 7.92. The summed E-state index contributed by atoms with van der Waals surface area (Å²) in [5.74, 6) is 2.95. The fourth-order valence-electron chi connectivity index (χ4n) is 6.27. The molecular formula is C32H70N3O3P. The van der Waals surface area contributed by atoms with Gasteiger partial charge in [-0.3, -0.25) is 25.2 Å². The molecule has 0 aromatic rings. The summed E-state index contributed by atoms with van der Waals surface area (Å²) < 4.78 is 13.5. The molecule has 0 spiro atoms. The van der Waals surface area contributed by atoms with E-state index in [1.165, 1.54) is 12.8 Å². The Bertz CT molecular complexity index is 608. The van der Waals surface area contributed by atoms with Crippen molar-refractivity contribution in [3.8, 4) is 0 Å². The molecule has 0 aliphatic heterocycles. The SMILES string of the molecule is CC(C)CCCCC(CC(C)C)(CC(C)C)ON(OC(CCCCC(C)C)(CC(C)C)CC(C)C)P(N)(N)=O. The Kier molecular flexibility index (Phi) is 18.6. The van der Waals surface area contributed by atoms with E-state index in [1.807, 2.05) is 0 Å². The van der Waals surface area contributed by atoms with Crippen molar-refractivity contribution in [1.29, 1.82) is 0 Å². The van der Waals surface area contributed by atoms with Crippen molar-refractivity contribution in [2.45, 2.75) is 171 Å². The van der Waals surface area contributed by atoms with E-state index in [-0.39, 0.29) is 0 Å². The first-order valence-corrected chi connectivity index (χ1v) is 18.0. The van der Waals surface area contributed by atoms with E-state index in [1.54, 1.807) is 0 Å². The number of nitrogens with two attached hydrogens (primary N) is 2. The third-order valence-electron chi connectivity index (χ3n) is 7.25. The molecule has 0 aromatic carbocycles. The molecule has 0 amide bonds. The molecule has 6 nitrogen and oxygen atoms in total. The molecule has 0 fully saturated rings. The van der Waals surface area contributed by atoms with Crippen molar-refractivity contribution in [1.82, 2.24) is 5.00 Å². The third kappa shape index (κ3) is 18.2. The van der Waals surface area contributed by atoms with Gasteiger partial charge < -0.3 is 0 Å². The Morgan fingerprint density at radius 3 is 1.03 bits per heavy atom. The average Bonchev–Trinajstić information content (AvgIpc) is 2.71. The van der Waals surface area contributed by atoms with Gasteiger partial charge >= 0.3 is 7.59 Å². The lowest BCUT2D eigenvalue weighted by atomic mass is 9.81. The molecule has 4 N–H and O–H groups in total. The minimum atomic E-state index is -3.86. The topological polar surface area (TPSA) is 90.8 Å². The second kappa shape index (κ2) is 18.5. The van der Waals surface area contributed by atoms with Crippen LogP contribution in [0.2, 0.25) is 0 Å². The van der Waals surface area contributed by atoms with Crippen molar-refractivity contribution in [3.05, 3.63) is 0 Å². The minimum absolute atomic E-state index is 0.401. The van der Waals surface area contributed by atoms with Gasteiger partial charge in [-0.05, 0) is 74.0 Å². The van der Waals surface area contributed by atoms with Crippen LogP contribution in [-0.2, 0) is 14.2 Å². The van der Waals surface area contributed by atoms with Crippen molar-refractivity contribution < 1.29 is 14.2 Å². The van der Waals surface area contributed by atoms with E-state index in [0.29, 0.717) is 35.5 Å². The summed E-state index contributed by atoms with van der Waals surface area (Å²) in [6, 6.07) is 0. The van der Waals surface area contributed by atoms with E-state index in [4.69, 9.17) is 20.7 Å². The lowest BCUT2D eigenvalue weighted by molar-refractivity contribution is -0.400. The molecule has 0 saturated carbocycles. The maximum atomic E-state index is 13.5. The number of rotatable bonds is 23. The van der Waals surface area contributed by atoms with E-state index in [0.717, 1.165) is 69.2 Å². The highest BCUT2D eigenvalue weighted by molar-refractivity contribution is 7.56. The molecule has 7 heteroatoms. The van der Waals surface area contributed by atoms with Crippen molar-refractivity contribution >= 4 is 7.59 Å². The van der Waals surface area contributed by atoms with Crippen LogP contribution in [-0.4, -0.2) is 16.2 Å². The Morgan fingerprint density at radius 1 is 0.538 bits per heavy atom. The Hall–Kier alpha value is 0.0300. The van der Waals surface area contributed by atoms with Gasteiger partial charge in [-0.15, -0.1) is 0 Å². The maximum Gasteiger partial charge on any atom is 0.323 e. The zero-order valence-electron chi connectivity index (χ0n) is 28.2. The van der Waals surface area contributed by atoms with Crippen LogP contribution in [0.15, 0.2) is 0 Å². The van der Waals surface area contributed by atoms with Crippen LogP contribution >= 0.6 is 7.59 Å². The molecule has 0 aliphatic carbocycles. The van der Waals surface area contributed by atoms with Crippen molar-refractivity contribution in [3.63, 3.8) is 0 Å². The first kappa shape index (κ1) is 39.0. The maximum absolute atomic E-state index is 13.5. The van der Waals surface area contributed by atoms with Gasteiger partial charge in [0.05, 0.1) is 11.2 Å². The quantitative estimate of drug-likeness (QED) is 0.0715. The fraction of sp³-hybridized carbons (Fsp3) is 1.00. The predicted octanol–water partition coefficient (Wildman–Crippen LogP) is 10.3. The largest absolute Gasteiger partial charge is 0.323 e. The monoisotopic (exact) mass is 576 g/mol. The molecule has 39 heavy (non-hydrogen) atoms. The second-order valence-corrected chi connectivity index (χ2v) is 16.8. The minimum Gasteiger partial charge on any atom is -0.267 e. The number of hydrogen-bond acceptors (Lipinski definition) is 3. The molecule has 0 atom stereocenters. The smallest absolute Gasteiger partial charge is 0.267 e. The molecule has 236 valence electrons. The van der Waals surface area contributed by atoms with Crippen LogP contribution in [0, 0.1) is 35.5 Å². The van der Waals surface area contributed by atoms with Gasteiger partial charge in [0.25, 0.3) is 0 Å². The van der Waals surface area contributed by atoms with Crippen LogP contribution in [0.25, 0.3) is 0 Å². The molecule has 0 aliphatic rings. The summed E-state index contributed by atoms with van der Waals surface area (Å²) in [7, 11) is -3.86. The summed E-state index contributed by atoms with van der Waals surface area (Å²) in [6.07, 6.45) is 11.8. The van der Waals surface area contributed by atoms with E-state index in [2.05, 4.69) is 83.1 Å². The highest BCUT2D eigenvalue weighted by Gasteiger charge is 2.44. The molecule has 0 radical (unpaired) electrons. The molecule has 0 heterocycles. The van der Waals surface area contributed by atoms with Gasteiger partial charge in [-0.2, -0.15) is 0 Å². The predicted molar refractivity (Wildman–Crippen MR) is 170 cm³/mol. The lowest BCUT2D eigenvalue weighted by Gasteiger charge is -2.45. The number of unbranched alkanes of at least 4 members (excludes halogenated alkanes) is 2. The van der Waals surface area contributed by atoms with E-state index < -0.39 is 18.8 Å². The highest BCUT2D eigenvalue weighted by atomic mass is 31.2. The Labute approximate surface area is 244 Å². The fourth-order valence-corrected chi connectivity index (χ4v) is 6.87. The standard InChI is InChI=1S/C32H70N3O3P/c1-25(2)17-13-15-19-31(21-27(5)6,22-28(7)8)37-35(39(33,34)36)38-32(23-29(9)10,24-30(11)12)20-16-14-18-26(3)4/h25-30H,13-24H2,1-12H3,(H4,33,34,36). The normalized spacial score (nSPS) is 14.0. The Morgan fingerprint density at radius 2 is 0.821 bits per heavy atom. The summed E-state index contributed by atoms with van der Waals surface area (Å²) in [6.45, 7) is 26.8. The van der Waals surface area contributed by atoms with E-state index in [9.17, 15) is 4.57 Å². The summed E-state index contributed by atoms with van der Waals surface area (Å²) in [5.41, 5.74) is 11.4. The van der Waals surface area contributed by atoms with Gasteiger partial charge in [-0.25, -0.2) is 0 Å². The molecule has 0 aromatic heterocycles. The van der Waals surface area contributed by atoms with Crippen LogP contribution in [0.1, 0.15) is 160 Å². The van der Waals surface area contributed by atoms with Crippen molar-refractivity contribution in [2.24, 2.45) is 46.5 Å². The van der Waals surface area contributed by atoms with Gasteiger partial charge in [0.2, 0.25) is 0 Å². The highest BCUT2D eigenvalue weighted by Crippen LogP contribution is 2.46. The lowest BCUT2D eigenvalue weighted by Crippen LogP contribution is -2.49. The first-order valence-electron chi connectivity index (χ1n) is 16.2. The average molecular weight is 576 g/mol. The zero-order valence-corrected chi connectivity index (χ0v) is 29.1. The van der Waals surface area contributed by atoms with Crippen LogP contribution in [0.5, 0.6) is 0 Å². The molecule has 0 rings (SSSR count). The summed E-state index contributed by atoms with van der Waals surface area (Å²) in [4.78, 5) is 14.7. The Balaban J connectivity index is 6.41. The number of hydrogen-bond donors (Lipinski definition) is 2. The van der Waals surface area contributed by atoms with Gasteiger partial charge in [0.1, 0.15) is 0 Å². The van der Waals surface area contributed by atoms with Crippen molar-refractivity contribution in [2.75, 3.05) is 0 Å². The summed E-state index contributed by atoms with van der Waals surface area (Å²) >= 11 is 0. The molecule has 0 bridgehead atoms.